The highest BCUT2D eigenvalue weighted by Crippen LogP contribution is 2.25. The number of rotatable bonds is 3. The lowest BCUT2D eigenvalue weighted by Crippen LogP contribution is -2.49. The molecule has 1 N–H and O–H groups in total. The van der Waals surface area contributed by atoms with E-state index in [1.165, 1.54) is 5.56 Å². The Kier molecular flexibility index (Phi) is 4.12. The Hall–Kier alpha value is -2.11. The fourth-order valence-electron chi connectivity index (χ4n) is 3.47. The van der Waals surface area contributed by atoms with Gasteiger partial charge in [0.25, 0.3) is 5.91 Å². The average molecular weight is 339 g/mol. The molecule has 24 heavy (non-hydrogen) atoms. The van der Waals surface area contributed by atoms with Crippen LogP contribution in [0.15, 0.2) is 47.3 Å². The second kappa shape index (κ2) is 6.42. The summed E-state index contributed by atoms with van der Waals surface area (Å²) in [5.74, 6) is 0.130. The van der Waals surface area contributed by atoms with Gasteiger partial charge in [0.1, 0.15) is 0 Å². The smallest absolute Gasteiger partial charge is 0.256 e. The molecule has 1 fully saturated rings. The van der Waals surface area contributed by atoms with Crippen LogP contribution in [0.1, 0.15) is 28.9 Å². The minimum Gasteiger partial charge on any atom is -0.361 e. The van der Waals surface area contributed by atoms with Crippen molar-refractivity contribution < 1.29 is 4.79 Å². The van der Waals surface area contributed by atoms with Crippen molar-refractivity contribution >= 4 is 28.1 Å². The maximum Gasteiger partial charge on any atom is 0.256 e. The summed E-state index contributed by atoms with van der Waals surface area (Å²) < 4.78 is 0. The average Bonchev–Trinajstić information content (AvgIpc) is 3.31. The van der Waals surface area contributed by atoms with Gasteiger partial charge in [-0.05, 0) is 41.4 Å². The van der Waals surface area contributed by atoms with Gasteiger partial charge in [0.15, 0.2) is 0 Å². The number of aromatic nitrogens is 1. The fourth-order valence-corrected chi connectivity index (χ4v) is 4.22. The van der Waals surface area contributed by atoms with Crippen LogP contribution < -0.4 is 0 Å². The van der Waals surface area contributed by atoms with E-state index in [0.717, 1.165) is 42.6 Å². The molecule has 1 aliphatic heterocycles. The molecule has 0 aliphatic carbocycles. The maximum atomic E-state index is 12.9. The molecular weight excluding hydrogens is 318 g/mol. The van der Waals surface area contributed by atoms with Crippen molar-refractivity contribution in [2.75, 3.05) is 26.2 Å². The molecule has 3 heterocycles. The van der Waals surface area contributed by atoms with Gasteiger partial charge in [-0.1, -0.05) is 12.1 Å². The molecule has 0 bridgehead atoms. The van der Waals surface area contributed by atoms with E-state index in [9.17, 15) is 4.79 Å². The van der Waals surface area contributed by atoms with Crippen molar-refractivity contribution in [3.05, 3.63) is 58.4 Å². The minimum atomic E-state index is 0.130. The summed E-state index contributed by atoms with van der Waals surface area (Å²) in [6.07, 6.45) is 1.89. The molecule has 5 heteroatoms. The second-order valence-corrected chi connectivity index (χ2v) is 7.09. The number of nitrogens with one attached hydrogen (secondary N) is 1. The predicted molar refractivity (Wildman–Crippen MR) is 98.5 cm³/mol. The van der Waals surface area contributed by atoms with Gasteiger partial charge in [0, 0.05) is 43.8 Å². The summed E-state index contributed by atoms with van der Waals surface area (Å²) >= 11 is 1.74. The highest BCUT2D eigenvalue weighted by atomic mass is 32.1. The normalized spacial score (nSPS) is 17.3. The van der Waals surface area contributed by atoms with Crippen LogP contribution in [0.4, 0.5) is 0 Å². The number of carbonyl (C=O) groups excluding carboxylic acids is 1. The first-order valence-electron chi connectivity index (χ1n) is 8.35. The zero-order valence-corrected chi connectivity index (χ0v) is 14.6. The number of para-hydroxylation sites is 1. The van der Waals surface area contributed by atoms with Crippen molar-refractivity contribution in [3.8, 4) is 0 Å². The third-order valence-corrected chi connectivity index (χ3v) is 5.69. The lowest BCUT2D eigenvalue weighted by atomic mass is 10.1. The summed E-state index contributed by atoms with van der Waals surface area (Å²) in [6, 6.07) is 10.5. The van der Waals surface area contributed by atoms with Crippen molar-refractivity contribution in [2.45, 2.75) is 13.0 Å². The number of thiophene rings is 1. The van der Waals surface area contributed by atoms with E-state index in [4.69, 9.17) is 0 Å². The third kappa shape index (κ3) is 2.74. The maximum absolute atomic E-state index is 12.9. The van der Waals surface area contributed by atoms with Gasteiger partial charge in [-0.2, -0.15) is 11.3 Å². The molecule has 1 amide bonds. The SMILES string of the molecule is CC(c1ccsc1)N1CCN(C(=O)c2cccc3cc[nH]c23)CC1. The number of nitrogens with zero attached hydrogens (tertiary/aromatic N) is 2. The Morgan fingerprint density at radius 1 is 1.17 bits per heavy atom. The molecule has 2 aromatic heterocycles. The molecule has 0 radical (unpaired) electrons. The highest BCUT2D eigenvalue weighted by Gasteiger charge is 2.26. The van der Waals surface area contributed by atoms with Crippen LogP contribution in [0, 0.1) is 0 Å². The van der Waals surface area contributed by atoms with Crippen LogP contribution in [0.25, 0.3) is 10.9 Å². The van der Waals surface area contributed by atoms with Crippen molar-refractivity contribution in [1.29, 1.82) is 0 Å². The molecule has 0 saturated carbocycles. The van der Waals surface area contributed by atoms with Gasteiger partial charge < -0.3 is 9.88 Å². The second-order valence-electron chi connectivity index (χ2n) is 6.31. The van der Waals surface area contributed by atoms with Gasteiger partial charge in [-0.25, -0.2) is 0 Å². The number of benzene rings is 1. The lowest BCUT2D eigenvalue weighted by Gasteiger charge is -2.38. The first-order valence-corrected chi connectivity index (χ1v) is 9.30. The molecule has 1 unspecified atom stereocenters. The zero-order valence-electron chi connectivity index (χ0n) is 13.7. The summed E-state index contributed by atoms with van der Waals surface area (Å²) in [5.41, 5.74) is 3.09. The van der Waals surface area contributed by atoms with Crippen molar-refractivity contribution in [2.24, 2.45) is 0 Å². The quantitative estimate of drug-likeness (QED) is 0.789. The van der Waals surface area contributed by atoms with Crippen LogP contribution in [-0.2, 0) is 0 Å². The first-order chi connectivity index (χ1) is 11.7. The zero-order chi connectivity index (χ0) is 16.5. The van der Waals surface area contributed by atoms with E-state index in [1.54, 1.807) is 11.3 Å². The van der Waals surface area contributed by atoms with Crippen LogP contribution in [0.5, 0.6) is 0 Å². The monoisotopic (exact) mass is 339 g/mol. The molecule has 4 nitrogen and oxygen atoms in total. The molecule has 0 spiro atoms. The number of piperazine rings is 1. The molecule has 1 saturated heterocycles. The Bertz CT molecular complexity index is 831. The standard InChI is InChI=1S/C19H21N3OS/c1-14(16-6-12-24-13-16)21-8-10-22(11-9-21)19(23)17-4-2-3-15-5-7-20-18(15)17/h2-7,12-14,20H,8-11H2,1H3. The topological polar surface area (TPSA) is 39.3 Å². The Morgan fingerprint density at radius 2 is 2.00 bits per heavy atom. The molecule has 4 rings (SSSR count). The third-order valence-electron chi connectivity index (χ3n) is 4.99. The van der Waals surface area contributed by atoms with E-state index < -0.39 is 0 Å². The van der Waals surface area contributed by atoms with E-state index in [0.29, 0.717) is 6.04 Å². The fraction of sp³-hybridized carbons (Fsp3) is 0.316. The minimum absolute atomic E-state index is 0.130. The first kappa shape index (κ1) is 15.4. The summed E-state index contributed by atoms with van der Waals surface area (Å²) in [7, 11) is 0. The van der Waals surface area contributed by atoms with Gasteiger partial charge in [0.2, 0.25) is 0 Å². The molecule has 1 aromatic carbocycles. The molecular formula is C19H21N3OS. The van der Waals surface area contributed by atoms with Crippen LogP contribution in [0.3, 0.4) is 0 Å². The van der Waals surface area contributed by atoms with Crippen LogP contribution >= 0.6 is 11.3 Å². The number of aromatic amines is 1. The Morgan fingerprint density at radius 3 is 2.75 bits per heavy atom. The van der Waals surface area contributed by atoms with Crippen molar-refractivity contribution in [3.63, 3.8) is 0 Å². The molecule has 3 aromatic rings. The molecule has 1 atom stereocenters. The lowest BCUT2D eigenvalue weighted by molar-refractivity contribution is 0.0584. The summed E-state index contributed by atoms with van der Waals surface area (Å²) in [6.45, 7) is 5.65. The number of hydrogen-bond donors (Lipinski definition) is 1. The number of carbonyl (C=O) groups is 1. The van der Waals surface area contributed by atoms with E-state index in [-0.39, 0.29) is 5.91 Å². The van der Waals surface area contributed by atoms with E-state index >= 15 is 0 Å². The predicted octanol–water partition coefficient (Wildman–Crippen LogP) is 3.75. The van der Waals surface area contributed by atoms with Gasteiger partial charge in [-0.15, -0.1) is 0 Å². The molecule has 124 valence electrons. The Labute approximate surface area is 145 Å². The highest BCUT2D eigenvalue weighted by molar-refractivity contribution is 7.07. The van der Waals surface area contributed by atoms with Crippen LogP contribution in [-0.4, -0.2) is 46.9 Å². The number of H-pyrrole nitrogens is 1. The Balaban J connectivity index is 1.46. The van der Waals surface area contributed by atoms with Crippen molar-refractivity contribution in [1.82, 2.24) is 14.8 Å². The van der Waals surface area contributed by atoms with E-state index in [2.05, 4.69) is 33.6 Å². The van der Waals surface area contributed by atoms with Crippen LogP contribution in [0.2, 0.25) is 0 Å². The van der Waals surface area contributed by atoms with Gasteiger partial charge in [0.05, 0.1) is 11.1 Å². The summed E-state index contributed by atoms with van der Waals surface area (Å²) in [4.78, 5) is 20.5. The van der Waals surface area contributed by atoms with Gasteiger partial charge in [-0.3, -0.25) is 9.69 Å². The number of hydrogen-bond acceptors (Lipinski definition) is 3. The van der Waals surface area contributed by atoms with E-state index in [1.807, 2.05) is 35.4 Å². The number of amides is 1. The van der Waals surface area contributed by atoms with Gasteiger partial charge >= 0.3 is 0 Å². The number of fused-ring (bicyclic) bond motifs is 1. The molecule has 1 aliphatic rings. The summed E-state index contributed by atoms with van der Waals surface area (Å²) in [5, 5.41) is 5.43. The largest absolute Gasteiger partial charge is 0.361 e.